The van der Waals surface area contributed by atoms with Crippen molar-refractivity contribution in [3.05, 3.63) is 34.4 Å². The number of nitro groups is 1. The molecule has 7 nitrogen and oxygen atoms in total. The van der Waals surface area contributed by atoms with Gasteiger partial charge in [-0.2, -0.15) is 0 Å². The molecule has 1 aromatic carbocycles. The summed E-state index contributed by atoms with van der Waals surface area (Å²) < 4.78 is 5.31. The number of hydrogen-bond donors (Lipinski definition) is 2. The highest BCUT2D eigenvalue weighted by atomic mass is 16.6. The number of hydrogen-bond acceptors (Lipinski definition) is 5. The molecular formula is C10H13N3O4. The van der Waals surface area contributed by atoms with E-state index in [2.05, 4.69) is 5.16 Å². The maximum atomic E-state index is 10.5. The second-order valence-electron chi connectivity index (χ2n) is 3.49. The summed E-state index contributed by atoms with van der Waals surface area (Å²) >= 11 is 0. The van der Waals surface area contributed by atoms with Gasteiger partial charge in [0.2, 0.25) is 0 Å². The zero-order chi connectivity index (χ0) is 12.8. The van der Waals surface area contributed by atoms with Crippen LogP contribution in [0, 0.1) is 16.0 Å². The van der Waals surface area contributed by atoms with Crippen LogP contribution in [0.4, 0.5) is 5.69 Å². The van der Waals surface area contributed by atoms with Crippen molar-refractivity contribution in [2.45, 2.75) is 6.92 Å². The summed E-state index contributed by atoms with van der Waals surface area (Å²) in [5, 5.41) is 21.8. The molecule has 0 aromatic heterocycles. The molecule has 0 spiro atoms. The van der Waals surface area contributed by atoms with Gasteiger partial charge in [-0.15, -0.1) is 0 Å². The number of oxime groups is 1. The highest BCUT2D eigenvalue weighted by molar-refractivity contribution is 5.81. The Hall–Kier alpha value is -2.31. The predicted octanol–water partition coefficient (Wildman–Crippen LogP) is 1.36. The van der Waals surface area contributed by atoms with Crippen LogP contribution in [0.2, 0.25) is 0 Å². The fourth-order valence-corrected chi connectivity index (χ4v) is 1.09. The van der Waals surface area contributed by atoms with E-state index in [1.807, 2.05) is 0 Å². The van der Waals surface area contributed by atoms with Crippen LogP contribution in [-0.4, -0.2) is 22.6 Å². The van der Waals surface area contributed by atoms with Crippen molar-refractivity contribution >= 4 is 11.5 Å². The van der Waals surface area contributed by atoms with Crippen molar-refractivity contribution in [1.82, 2.24) is 0 Å². The van der Waals surface area contributed by atoms with E-state index in [1.165, 1.54) is 18.2 Å². The lowest BCUT2D eigenvalue weighted by Gasteiger charge is -2.11. The number of nitrogens with two attached hydrogens (primary N) is 1. The van der Waals surface area contributed by atoms with E-state index in [0.29, 0.717) is 5.75 Å². The number of amidine groups is 1. The van der Waals surface area contributed by atoms with Crippen LogP contribution in [0.3, 0.4) is 0 Å². The molecular weight excluding hydrogens is 226 g/mol. The molecule has 0 aliphatic heterocycles. The van der Waals surface area contributed by atoms with Crippen molar-refractivity contribution in [3.63, 3.8) is 0 Å². The third kappa shape index (κ3) is 3.63. The number of nitrogens with zero attached hydrogens (tertiary/aromatic N) is 2. The Labute approximate surface area is 97.6 Å². The van der Waals surface area contributed by atoms with Gasteiger partial charge in [0.25, 0.3) is 5.69 Å². The van der Waals surface area contributed by atoms with E-state index in [4.69, 9.17) is 15.7 Å². The van der Waals surface area contributed by atoms with Gasteiger partial charge in [0.05, 0.1) is 23.5 Å². The summed E-state index contributed by atoms with van der Waals surface area (Å²) in [5.74, 6) is 0.145. The standard InChI is InChI=1S/C10H13N3O4/c1-7(10(11)12-14)6-17-9-4-2-3-8(5-9)13(15)16/h2-5,7,14H,6H2,1H3,(H2,11,12). The van der Waals surface area contributed by atoms with Crippen molar-refractivity contribution in [3.8, 4) is 5.75 Å². The van der Waals surface area contributed by atoms with E-state index in [-0.39, 0.29) is 24.0 Å². The molecule has 0 bridgehead atoms. The fourth-order valence-electron chi connectivity index (χ4n) is 1.09. The topological polar surface area (TPSA) is 111 Å². The first-order chi connectivity index (χ1) is 8.04. The Kier molecular flexibility index (Phi) is 4.27. The summed E-state index contributed by atoms with van der Waals surface area (Å²) in [6.07, 6.45) is 0. The molecule has 3 N–H and O–H groups in total. The zero-order valence-corrected chi connectivity index (χ0v) is 9.24. The first-order valence-corrected chi connectivity index (χ1v) is 4.89. The van der Waals surface area contributed by atoms with Gasteiger partial charge in [-0.25, -0.2) is 0 Å². The molecule has 0 saturated carbocycles. The molecule has 0 fully saturated rings. The lowest BCUT2D eigenvalue weighted by Crippen LogP contribution is -2.26. The van der Waals surface area contributed by atoms with Crippen LogP contribution < -0.4 is 10.5 Å². The van der Waals surface area contributed by atoms with Gasteiger partial charge in [0.15, 0.2) is 0 Å². The number of non-ortho nitro benzene ring substituents is 1. The number of benzene rings is 1. The lowest BCUT2D eigenvalue weighted by atomic mass is 10.2. The van der Waals surface area contributed by atoms with Crippen molar-refractivity contribution in [1.29, 1.82) is 0 Å². The second-order valence-corrected chi connectivity index (χ2v) is 3.49. The maximum Gasteiger partial charge on any atom is 0.273 e. The van der Waals surface area contributed by atoms with Gasteiger partial charge >= 0.3 is 0 Å². The van der Waals surface area contributed by atoms with Gasteiger partial charge in [-0.3, -0.25) is 10.1 Å². The Bertz CT molecular complexity index is 433. The van der Waals surface area contributed by atoms with E-state index in [0.717, 1.165) is 0 Å². The van der Waals surface area contributed by atoms with Gasteiger partial charge in [-0.05, 0) is 6.07 Å². The van der Waals surface area contributed by atoms with E-state index < -0.39 is 4.92 Å². The molecule has 0 aliphatic carbocycles. The molecule has 0 heterocycles. The van der Waals surface area contributed by atoms with Gasteiger partial charge in [0.1, 0.15) is 11.6 Å². The average molecular weight is 239 g/mol. The van der Waals surface area contributed by atoms with Gasteiger partial charge in [-0.1, -0.05) is 18.1 Å². The fraction of sp³-hybridized carbons (Fsp3) is 0.300. The first kappa shape index (κ1) is 12.8. The molecule has 0 amide bonds. The summed E-state index contributed by atoms with van der Waals surface area (Å²) in [4.78, 5) is 10.0. The Morgan fingerprint density at radius 3 is 3.00 bits per heavy atom. The number of rotatable bonds is 5. The number of nitro benzene ring substituents is 1. The Balaban J connectivity index is 2.64. The third-order valence-corrected chi connectivity index (χ3v) is 2.15. The summed E-state index contributed by atoms with van der Waals surface area (Å²) in [6.45, 7) is 1.89. The lowest BCUT2D eigenvalue weighted by molar-refractivity contribution is -0.384. The second kappa shape index (κ2) is 5.69. The van der Waals surface area contributed by atoms with Crippen LogP contribution in [0.15, 0.2) is 29.4 Å². The summed E-state index contributed by atoms with van der Waals surface area (Å²) in [7, 11) is 0. The van der Waals surface area contributed by atoms with Crippen molar-refractivity contribution < 1.29 is 14.9 Å². The summed E-state index contributed by atoms with van der Waals surface area (Å²) in [5.41, 5.74) is 5.33. The van der Waals surface area contributed by atoms with Crippen LogP contribution in [0.1, 0.15) is 6.92 Å². The smallest absolute Gasteiger partial charge is 0.273 e. The molecule has 1 rings (SSSR count). The third-order valence-electron chi connectivity index (χ3n) is 2.15. The number of ether oxygens (including phenoxy) is 1. The molecule has 0 radical (unpaired) electrons. The van der Waals surface area contributed by atoms with Gasteiger partial charge < -0.3 is 15.7 Å². The molecule has 1 aromatic rings. The largest absolute Gasteiger partial charge is 0.493 e. The maximum absolute atomic E-state index is 10.5. The van der Waals surface area contributed by atoms with Crippen molar-refractivity contribution in [2.24, 2.45) is 16.8 Å². The molecule has 7 heteroatoms. The first-order valence-electron chi connectivity index (χ1n) is 4.89. The van der Waals surface area contributed by atoms with Crippen molar-refractivity contribution in [2.75, 3.05) is 6.61 Å². The van der Waals surface area contributed by atoms with Crippen LogP contribution in [0.25, 0.3) is 0 Å². The summed E-state index contributed by atoms with van der Waals surface area (Å²) in [6, 6.07) is 5.83. The minimum absolute atomic E-state index is 0.0426. The van der Waals surface area contributed by atoms with E-state index in [1.54, 1.807) is 13.0 Å². The minimum Gasteiger partial charge on any atom is -0.493 e. The van der Waals surface area contributed by atoms with Crippen LogP contribution in [-0.2, 0) is 0 Å². The molecule has 1 atom stereocenters. The average Bonchev–Trinajstić information content (AvgIpc) is 2.35. The van der Waals surface area contributed by atoms with E-state index in [9.17, 15) is 10.1 Å². The highest BCUT2D eigenvalue weighted by Gasteiger charge is 2.10. The van der Waals surface area contributed by atoms with Crippen LogP contribution in [0.5, 0.6) is 5.75 Å². The van der Waals surface area contributed by atoms with Gasteiger partial charge in [0, 0.05) is 6.07 Å². The zero-order valence-electron chi connectivity index (χ0n) is 9.24. The predicted molar refractivity (Wildman–Crippen MR) is 61.2 cm³/mol. The Morgan fingerprint density at radius 2 is 2.41 bits per heavy atom. The Morgan fingerprint density at radius 1 is 1.71 bits per heavy atom. The normalized spacial score (nSPS) is 13.1. The molecule has 0 saturated heterocycles. The monoisotopic (exact) mass is 239 g/mol. The molecule has 1 unspecified atom stereocenters. The van der Waals surface area contributed by atoms with E-state index >= 15 is 0 Å². The van der Waals surface area contributed by atoms with Crippen LogP contribution >= 0.6 is 0 Å². The minimum atomic E-state index is -0.500. The molecule has 92 valence electrons. The quantitative estimate of drug-likeness (QED) is 0.265. The highest BCUT2D eigenvalue weighted by Crippen LogP contribution is 2.19. The molecule has 17 heavy (non-hydrogen) atoms. The SMILES string of the molecule is CC(COc1cccc([N+](=O)[O-])c1)/C(N)=N/O. The molecule has 0 aliphatic rings.